The first-order valence-electron chi connectivity index (χ1n) is 6.87. The van der Waals surface area contributed by atoms with E-state index in [-0.39, 0.29) is 0 Å². The molecule has 0 atom stereocenters. The molecule has 0 radical (unpaired) electrons. The van der Waals surface area contributed by atoms with Gasteiger partial charge in [0.1, 0.15) is 0 Å². The third kappa shape index (κ3) is 4.74. The summed E-state index contributed by atoms with van der Waals surface area (Å²) in [5.41, 5.74) is 1.30. The molecule has 1 aromatic rings. The lowest BCUT2D eigenvalue weighted by atomic mass is 10.1. The van der Waals surface area contributed by atoms with Gasteiger partial charge in [0.2, 0.25) is 10.0 Å². The third-order valence-corrected chi connectivity index (χ3v) is 5.21. The molecule has 0 spiro atoms. The van der Waals surface area contributed by atoms with E-state index >= 15 is 0 Å². The van der Waals surface area contributed by atoms with E-state index in [2.05, 4.69) is 17.0 Å². The van der Waals surface area contributed by atoms with Gasteiger partial charge >= 0.3 is 0 Å². The van der Waals surface area contributed by atoms with Crippen LogP contribution in [0.2, 0.25) is 5.02 Å². The van der Waals surface area contributed by atoms with Gasteiger partial charge in [0.25, 0.3) is 0 Å². The molecule has 1 aliphatic heterocycles. The Kier molecular flexibility index (Phi) is 5.43. The molecule has 1 aliphatic rings. The van der Waals surface area contributed by atoms with Crippen molar-refractivity contribution < 1.29 is 8.42 Å². The average Bonchev–Trinajstić information content (AvgIpc) is 2.41. The molecular weight excluding hydrogens is 296 g/mol. The van der Waals surface area contributed by atoms with Gasteiger partial charge in [0.15, 0.2) is 0 Å². The fraction of sp³-hybridized carbons (Fsp3) is 0.571. The number of hydrogen-bond donors (Lipinski definition) is 0. The van der Waals surface area contributed by atoms with E-state index in [4.69, 9.17) is 11.6 Å². The SMILES string of the molecule is CS(=O)(=O)N1CCN(CCCc2ccc(Cl)cc2)CC1. The zero-order valence-corrected chi connectivity index (χ0v) is 13.3. The maximum Gasteiger partial charge on any atom is 0.211 e. The minimum Gasteiger partial charge on any atom is -0.301 e. The number of halogens is 1. The first kappa shape index (κ1) is 15.8. The number of sulfonamides is 1. The van der Waals surface area contributed by atoms with Gasteiger partial charge in [0, 0.05) is 31.2 Å². The Hall–Kier alpha value is -0.620. The molecule has 6 heteroatoms. The maximum absolute atomic E-state index is 11.4. The fourth-order valence-electron chi connectivity index (χ4n) is 2.44. The van der Waals surface area contributed by atoms with E-state index in [0.29, 0.717) is 13.1 Å². The predicted octanol–water partition coefficient (Wildman–Crippen LogP) is 1.85. The summed E-state index contributed by atoms with van der Waals surface area (Å²) >= 11 is 5.86. The van der Waals surface area contributed by atoms with E-state index in [0.717, 1.165) is 37.5 Å². The zero-order valence-electron chi connectivity index (χ0n) is 11.8. The number of rotatable bonds is 5. The van der Waals surface area contributed by atoms with Gasteiger partial charge in [-0.15, -0.1) is 0 Å². The lowest BCUT2D eigenvalue weighted by Crippen LogP contribution is -2.48. The van der Waals surface area contributed by atoms with Crippen molar-refractivity contribution in [1.29, 1.82) is 0 Å². The second-order valence-electron chi connectivity index (χ2n) is 5.23. The smallest absolute Gasteiger partial charge is 0.211 e. The van der Waals surface area contributed by atoms with E-state index < -0.39 is 10.0 Å². The zero-order chi connectivity index (χ0) is 14.6. The van der Waals surface area contributed by atoms with Crippen LogP contribution < -0.4 is 0 Å². The Labute approximate surface area is 126 Å². The largest absolute Gasteiger partial charge is 0.301 e. The number of nitrogens with zero attached hydrogens (tertiary/aromatic N) is 2. The van der Waals surface area contributed by atoms with Crippen molar-refractivity contribution in [3.8, 4) is 0 Å². The molecule has 1 saturated heterocycles. The van der Waals surface area contributed by atoms with Gasteiger partial charge in [-0.1, -0.05) is 23.7 Å². The number of aryl methyl sites for hydroxylation is 1. The van der Waals surface area contributed by atoms with Gasteiger partial charge in [-0.3, -0.25) is 0 Å². The second kappa shape index (κ2) is 6.89. The molecule has 0 aromatic heterocycles. The van der Waals surface area contributed by atoms with Crippen molar-refractivity contribution in [2.24, 2.45) is 0 Å². The van der Waals surface area contributed by atoms with Crippen LogP contribution >= 0.6 is 11.6 Å². The van der Waals surface area contributed by atoms with Gasteiger partial charge in [0.05, 0.1) is 6.26 Å². The Morgan fingerprint density at radius 2 is 1.70 bits per heavy atom. The first-order valence-corrected chi connectivity index (χ1v) is 9.10. The van der Waals surface area contributed by atoms with Crippen molar-refractivity contribution in [1.82, 2.24) is 9.21 Å². The summed E-state index contributed by atoms with van der Waals surface area (Å²) in [6.45, 7) is 3.89. The highest BCUT2D eigenvalue weighted by Gasteiger charge is 2.22. The first-order chi connectivity index (χ1) is 9.45. The van der Waals surface area contributed by atoms with Gasteiger partial charge in [-0.2, -0.15) is 4.31 Å². The van der Waals surface area contributed by atoms with Crippen LogP contribution in [0, 0.1) is 0 Å². The minimum atomic E-state index is -3.02. The highest BCUT2D eigenvalue weighted by atomic mass is 35.5. The molecule has 4 nitrogen and oxygen atoms in total. The summed E-state index contributed by atoms with van der Waals surface area (Å²) in [7, 11) is -3.02. The Balaban J connectivity index is 1.70. The molecule has 112 valence electrons. The Morgan fingerprint density at radius 1 is 1.10 bits per heavy atom. The standard InChI is InChI=1S/C14H21ClN2O2S/c1-20(18,19)17-11-9-16(10-12-17)8-2-3-13-4-6-14(15)7-5-13/h4-7H,2-3,8-12H2,1H3. The molecule has 1 aromatic carbocycles. The van der Waals surface area contributed by atoms with E-state index in [1.54, 1.807) is 4.31 Å². The summed E-state index contributed by atoms with van der Waals surface area (Å²) in [5, 5.41) is 0.769. The van der Waals surface area contributed by atoms with Crippen LogP contribution in [0.15, 0.2) is 24.3 Å². The molecule has 1 fully saturated rings. The van der Waals surface area contributed by atoms with Gasteiger partial charge in [-0.05, 0) is 37.1 Å². The summed E-state index contributed by atoms with van der Waals surface area (Å²) in [4.78, 5) is 2.33. The van der Waals surface area contributed by atoms with Gasteiger partial charge < -0.3 is 4.90 Å². The lowest BCUT2D eigenvalue weighted by molar-refractivity contribution is 0.187. The van der Waals surface area contributed by atoms with Crippen molar-refractivity contribution >= 4 is 21.6 Å². The maximum atomic E-state index is 11.4. The molecule has 0 N–H and O–H groups in total. The molecule has 0 bridgehead atoms. The summed E-state index contributed by atoms with van der Waals surface area (Å²) in [6.07, 6.45) is 3.40. The molecule has 0 aliphatic carbocycles. The Morgan fingerprint density at radius 3 is 2.25 bits per heavy atom. The van der Waals surface area contributed by atoms with Crippen LogP contribution in [-0.4, -0.2) is 56.6 Å². The lowest BCUT2D eigenvalue weighted by Gasteiger charge is -2.33. The molecular formula is C14H21ClN2O2S. The fourth-order valence-corrected chi connectivity index (χ4v) is 3.40. The molecule has 20 heavy (non-hydrogen) atoms. The monoisotopic (exact) mass is 316 g/mol. The normalized spacial score (nSPS) is 18.3. The van der Waals surface area contributed by atoms with Crippen LogP contribution in [0.25, 0.3) is 0 Å². The molecule has 0 unspecified atom stereocenters. The number of hydrogen-bond acceptors (Lipinski definition) is 3. The topological polar surface area (TPSA) is 40.6 Å². The Bertz CT molecular complexity index is 523. The van der Waals surface area contributed by atoms with Crippen LogP contribution in [0.3, 0.4) is 0 Å². The van der Waals surface area contributed by atoms with Crippen LogP contribution in [0.4, 0.5) is 0 Å². The van der Waals surface area contributed by atoms with E-state index in [1.165, 1.54) is 11.8 Å². The van der Waals surface area contributed by atoms with Crippen LogP contribution in [0.1, 0.15) is 12.0 Å². The molecule has 0 saturated carbocycles. The molecule has 2 rings (SSSR count). The van der Waals surface area contributed by atoms with Gasteiger partial charge in [-0.25, -0.2) is 8.42 Å². The predicted molar refractivity (Wildman–Crippen MR) is 82.6 cm³/mol. The molecule has 1 heterocycles. The van der Waals surface area contributed by atoms with Crippen molar-refractivity contribution in [2.75, 3.05) is 39.0 Å². The summed E-state index contributed by atoms with van der Waals surface area (Å²) < 4.78 is 24.4. The summed E-state index contributed by atoms with van der Waals surface area (Å²) in [5.74, 6) is 0. The number of piperazine rings is 1. The highest BCUT2D eigenvalue weighted by molar-refractivity contribution is 7.88. The average molecular weight is 317 g/mol. The van der Waals surface area contributed by atoms with Crippen LogP contribution in [0.5, 0.6) is 0 Å². The number of benzene rings is 1. The minimum absolute atomic E-state index is 0.611. The van der Waals surface area contributed by atoms with Crippen molar-refractivity contribution in [2.45, 2.75) is 12.8 Å². The molecule has 0 amide bonds. The quantitative estimate of drug-likeness (QED) is 0.832. The summed E-state index contributed by atoms with van der Waals surface area (Å²) in [6, 6.07) is 7.96. The second-order valence-corrected chi connectivity index (χ2v) is 7.65. The van der Waals surface area contributed by atoms with Crippen molar-refractivity contribution in [3.63, 3.8) is 0 Å². The van der Waals surface area contributed by atoms with Crippen molar-refractivity contribution in [3.05, 3.63) is 34.9 Å². The van der Waals surface area contributed by atoms with Crippen LogP contribution in [-0.2, 0) is 16.4 Å². The van der Waals surface area contributed by atoms with E-state index in [9.17, 15) is 8.42 Å². The third-order valence-electron chi connectivity index (χ3n) is 3.65. The van der Waals surface area contributed by atoms with E-state index in [1.807, 2.05) is 12.1 Å². The highest BCUT2D eigenvalue weighted by Crippen LogP contribution is 2.12.